The number of hydrogen-bond donors (Lipinski definition) is 0. The molecule has 0 N–H and O–H groups in total. The van der Waals surface area contributed by atoms with Crippen molar-refractivity contribution in [3.63, 3.8) is 0 Å². The molecule has 0 atom stereocenters. The second kappa shape index (κ2) is 15.8. The number of unbranched alkanes of at least 4 members (excludes halogenated alkanes) is 3. The van der Waals surface area contributed by atoms with Crippen LogP contribution in [0, 0.1) is 0 Å². The summed E-state index contributed by atoms with van der Waals surface area (Å²) in [5.41, 5.74) is 2.40. The molecule has 0 heterocycles. The molecule has 0 aliphatic carbocycles. The topological polar surface area (TPSA) is 36.9 Å². The first-order valence-electron chi connectivity index (χ1n) is 13.3. The normalized spacial score (nSPS) is 11.9. The Morgan fingerprint density at radius 3 is 1.67 bits per heavy atom. The standard InChI is InChI=1S/C18H18BrO4.3C4H9.Sn/c1-20-14-8-7-13(15(19)11-14)6-5-12-9-16(21-2)18(23-4)17(10-12)22-3;3*1-3-4-2;/h5,7-11H,1-4H3;3*1,3-4H2,2H3;. The number of halogens is 1. The molecule has 2 rings (SSSR count). The van der Waals surface area contributed by atoms with Gasteiger partial charge in [-0.2, -0.15) is 0 Å². The Kier molecular flexibility index (Phi) is 13.6. The van der Waals surface area contributed by atoms with Crippen LogP contribution in [0.5, 0.6) is 23.0 Å². The van der Waals surface area contributed by atoms with E-state index in [-0.39, 0.29) is 0 Å². The van der Waals surface area contributed by atoms with E-state index in [1.54, 1.807) is 32.0 Å². The van der Waals surface area contributed by atoms with Gasteiger partial charge in [0.1, 0.15) is 0 Å². The molecule has 2 aromatic rings. The quantitative estimate of drug-likeness (QED) is 0.132. The zero-order valence-electron chi connectivity index (χ0n) is 23.3. The molecule has 0 bridgehead atoms. The molecule has 0 radical (unpaired) electrons. The zero-order valence-corrected chi connectivity index (χ0v) is 27.8. The second-order valence-corrected chi connectivity index (χ2v) is 23.4. The minimum atomic E-state index is -2.86. The third-order valence-electron chi connectivity index (χ3n) is 7.06. The maximum absolute atomic E-state index is 5.70. The first-order valence-corrected chi connectivity index (χ1v) is 21.6. The Morgan fingerprint density at radius 1 is 0.750 bits per heavy atom. The Bertz CT molecular complexity index is 942. The minimum absolute atomic E-state index is 0.627. The van der Waals surface area contributed by atoms with Gasteiger partial charge in [-0.25, -0.2) is 0 Å². The van der Waals surface area contributed by atoms with E-state index >= 15 is 0 Å². The van der Waals surface area contributed by atoms with Gasteiger partial charge in [-0.15, -0.1) is 0 Å². The monoisotopic (exact) mass is 668 g/mol. The summed E-state index contributed by atoms with van der Waals surface area (Å²) in [7, 11) is 6.73. The fourth-order valence-corrected chi connectivity index (χ4v) is 23.0. The van der Waals surface area contributed by atoms with Gasteiger partial charge in [-0.1, -0.05) is 0 Å². The van der Waals surface area contributed by atoms with E-state index in [1.807, 2.05) is 0 Å². The second-order valence-electron chi connectivity index (χ2n) is 9.45. The molecule has 6 heteroatoms. The SMILES string of the molecule is CCC[CH2][Sn]([CH2]CCC)([CH2]CCC)/[C](=C/c1cc(OC)c(OC)c(OC)c1)c1ccc(OC)cc1Br. The van der Waals surface area contributed by atoms with E-state index in [0.717, 1.165) is 15.8 Å². The number of hydrogen-bond acceptors (Lipinski definition) is 4. The number of benzene rings is 2. The molecular formula is C30H45BrO4Sn. The maximum atomic E-state index is 5.70. The van der Waals surface area contributed by atoms with Crippen LogP contribution >= 0.6 is 15.9 Å². The molecule has 0 aromatic heterocycles. The average molecular weight is 668 g/mol. The first-order chi connectivity index (χ1) is 17.4. The van der Waals surface area contributed by atoms with Crippen molar-refractivity contribution in [2.24, 2.45) is 0 Å². The molecule has 0 aliphatic rings. The molecule has 0 saturated heterocycles. The predicted octanol–water partition coefficient (Wildman–Crippen LogP) is 9.41. The number of ether oxygens (including phenoxy) is 4. The van der Waals surface area contributed by atoms with Gasteiger partial charge < -0.3 is 0 Å². The van der Waals surface area contributed by atoms with Crippen LogP contribution in [0.15, 0.2) is 34.8 Å². The summed E-state index contributed by atoms with van der Waals surface area (Å²) >= 11 is 1.06. The molecule has 0 aliphatic heterocycles. The first kappa shape index (κ1) is 30.9. The zero-order chi connectivity index (χ0) is 26.6. The molecule has 0 fully saturated rings. The summed E-state index contributed by atoms with van der Waals surface area (Å²) in [6, 6.07) is 10.6. The third kappa shape index (κ3) is 7.83. The van der Waals surface area contributed by atoms with Gasteiger partial charge in [0, 0.05) is 0 Å². The Hall–Kier alpha value is -1.34. The molecule has 2 aromatic carbocycles. The van der Waals surface area contributed by atoms with Crippen molar-refractivity contribution in [2.75, 3.05) is 28.4 Å². The molecule has 0 unspecified atom stereocenters. The fraction of sp³-hybridized carbons (Fsp3) is 0.533. The number of methoxy groups -OCH3 is 4. The predicted molar refractivity (Wildman–Crippen MR) is 160 cm³/mol. The van der Waals surface area contributed by atoms with Crippen LogP contribution < -0.4 is 18.9 Å². The van der Waals surface area contributed by atoms with Crippen molar-refractivity contribution in [3.05, 3.63) is 45.9 Å². The molecule has 36 heavy (non-hydrogen) atoms. The van der Waals surface area contributed by atoms with Crippen LogP contribution in [0.2, 0.25) is 13.3 Å². The Balaban J connectivity index is 2.87. The van der Waals surface area contributed by atoms with Gasteiger partial charge in [-0.3, -0.25) is 0 Å². The van der Waals surface area contributed by atoms with Crippen molar-refractivity contribution < 1.29 is 18.9 Å². The molecule has 0 amide bonds. The van der Waals surface area contributed by atoms with E-state index < -0.39 is 18.4 Å². The fourth-order valence-electron chi connectivity index (χ4n) is 5.03. The van der Waals surface area contributed by atoms with Crippen molar-refractivity contribution in [1.29, 1.82) is 0 Å². The Labute approximate surface area is 231 Å². The van der Waals surface area contributed by atoms with E-state index in [1.165, 1.54) is 57.4 Å². The van der Waals surface area contributed by atoms with Gasteiger partial charge in [0.15, 0.2) is 0 Å². The molecule has 0 spiro atoms. The summed E-state index contributed by atoms with van der Waals surface area (Å²) < 4.78 is 29.3. The third-order valence-corrected chi connectivity index (χ3v) is 23.4. The van der Waals surface area contributed by atoms with Crippen LogP contribution in [-0.4, -0.2) is 46.8 Å². The Morgan fingerprint density at radius 2 is 1.28 bits per heavy atom. The van der Waals surface area contributed by atoms with Crippen molar-refractivity contribution >= 4 is 44.0 Å². The molecular weight excluding hydrogens is 623 g/mol. The van der Waals surface area contributed by atoms with Crippen molar-refractivity contribution in [2.45, 2.75) is 72.6 Å². The van der Waals surface area contributed by atoms with Gasteiger partial charge in [0.05, 0.1) is 0 Å². The summed E-state index contributed by atoms with van der Waals surface area (Å²) in [6.07, 6.45) is 10.0. The molecule has 0 saturated carbocycles. The van der Waals surface area contributed by atoms with Crippen molar-refractivity contribution in [3.8, 4) is 23.0 Å². The van der Waals surface area contributed by atoms with E-state index in [9.17, 15) is 0 Å². The van der Waals surface area contributed by atoms with E-state index in [2.05, 4.69) is 73.1 Å². The van der Waals surface area contributed by atoms with E-state index in [0.29, 0.717) is 17.2 Å². The average Bonchev–Trinajstić information content (AvgIpc) is 2.91. The summed E-state index contributed by atoms with van der Waals surface area (Å²) in [5, 5.41) is 0. The summed E-state index contributed by atoms with van der Waals surface area (Å²) in [4.78, 5) is 0. The van der Waals surface area contributed by atoms with Gasteiger partial charge in [-0.05, 0) is 0 Å². The summed E-state index contributed by atoms with van der Waals surface area (Å²) in [5.74, 6) is 2.87. The van der Waals surface area contributed by atoms with Gasteiger partial charge >= 0.3 is 233 Å². The van der Waals surface area contributed by atoms with Crippen LogP contribution in [-0.2, 0) is 0 Å². The molecule has 4 nitrogen and oxygen atoms in total. The van der Waals surface area contributed by atoms with E-state index in [4.69, 9.17) is 18.9 Å². The van der Waals surface area contributed by atoms with Crippen LogP contribution in [0.1, 0.15) is 70.4 Å². The van der Waals surface area contributed by atoms with Crippen LogP contribution in [0.4, 0.5) is 0 Å². The van der Waals surface area contributed by atoms with Gasteiger partial charge in [0.25, 0.3) is 0 Å². The van der Waals surface area contributed by atoms with Crippen molar-refractivity contribution in [1.82, 2.24) is 0 Å². The van der Waals surface area contributed by atoms with Gasteiger partial charge in [0.2, 0.25) is 0 Å². The van der Waals surface area contributed by atoms with Crippen LogP contribution in [0.3, 0.4) is 0 Å². The number of rotatable bonds is 16. The van der Waals surface area contributed by atoms with Crippen LogP contribution in [0.25, 0.3) is 9.67 Å². The molecule has 200 valence electrons. The summed E-state index contributed by atoms with van der Waals surface area (Å²) in [6.45, 7) is 6.96.